The highest BCUT2D eigenvalue weighted by atomic mass is 35.5. The van der Waals surface area contributed by atoms with Crippen LogP contribution in [0.15, 0.2) is 24.3 Å². The maximum atomic E-state index is 6.20. The molecule has 1 unspecified atom stereocenters. The second-order valence-electron chi connectivity index (χ2n) is 7.44. The third kappa shape index (κ3) is 5.45. The van der Waals surface area contributed by atoms with Gasteiger partial charge < -0.3 is 10.5 Å². The van der Waals surface area contributed by atoms with E-state index >= 15 is 0 Å². The molecule has 1 aliphatic rings. The van der Waals surface area contributed by atoms with Crippen molar-refractivity contribution in [3.05, 3.63) is 29.8 Å². The summed E-state index contributed by atoms with van der Waals surface area (Å²) in [6, 6.07) is 8.84. The van der Waals surface area contributed by atoms with Crippen LogP contribution in [0.2, 0.25) is 0 Å². The molecule has 1 saturated heterocycles. The zero-order valence-corrected chi connectivity index (χ0v) is 15.2. The largest absolute Gasteiger partial charge is 0.493 e. The number of nitrogens with two attached hydrogens (primary N) is 1. The van der Waals surface area contributed by atoms with Crippen LogP contribution in [-0.4, -0.2) is 30.6 Å². The standard InChI is InChI=1S/C18H30N2O.ClH/c1-14(2)12-21-16-7-5-15(6-8-16)11-20-10-9-17(19)18(3,4)13-20;/h5-8,14,17H,9-13,19H2,1-4H3;1H. The van der Waals surface area contributed by atoms with Crippen molar-refractivity contribution in [2.24, 2.45) is 17.1 Å². The molecule has 1 fully saturated rings. The minimum atomic E-state index is 0. The lowest BCUT2D eigenvalue weighted by Gasteiger charge is -2.42. The Balaban J connectivity index is 0.00000242. The molecule has 4 heteroatoms. The van der Waals surface area contributed by atoms with E-state index in [1.807, 2.05) is 0 Å². The minimum Gasteiger partial charge on any atom is -0.493 e. The van der Waals surface area contributed by atoms with E-state index in [1.54, 1.807) is 0 Å². The van der Waals surface area contributed by atoms with Gasteiger partial charge in [-0.2, -0.15) is 0 Å². The quantitative estimate of drug-likeness (QED) is 0.896. The van der Waals surface area contributed by atoms with E-state index in [0.29, 0.717) is 12.0 Å². The average molecular weight is 327 g/mol. The van der Waals surface area contributed by atoms with Gasteiger partial charge in [0.1, 0.15) is 5.75 Å². The van der Waals surface area contributed by atoms with Crippen molar-refractivity contribution in [1.82, 2.24) is 4.90 Å². The monoisotopic (exact) mass is 326 g/mol. The van der Waals surface area contributed by atoms with Crippen LogP contribution < -0.4 is 10.5 Å². The number of piperidine rings is 1. The molecule has 0 radical (unpaired) electrons. The Labute approximate surface area is 141 Å². The lowest BCUT2D eigenvalue weighted by atomic mass is 9.79. The summed E-state index contributed by atoms with van der Waals surface area (Å²) in [6.07, 6.45) is 1.09. The van der Waals surface area contributed by atoms with Gasteiger partial charge in [-0.1, -0.05) is 39.8 Å². The van der Waals surface area contributed by atoms with Crippen LogP contribution in [0.1, 0.15) is 39.7 Å². The summed E-state index contributed by atoms with van der Waals surface area (Å²) >= 11 is 0. The molecule has 1 atom stereocenters. The van der Waals surface area contributed by atoms with Crippen molar-refractivity contribution in [1.29, 1.82) is 0 Å². The van der Waals surface area contributed by atoms with Crippen LogP contribution in [0.25, 0.3) is 0 Å². The highest BCUT2D eigenvalue weighted by Gasteiger charge is 2.33. The molecule has 126 valence electrons. The minimum absolute atomic E-state index is 0. The van der Waals surface area contributed by atoms with Gasteiger partial charge in [-0.3, -0.25) is 4.90 Å². The molecule has 0 spiro atoms. The number of benzene rings is 1. The topological polar surface area (TPSA) is 38.5 Å². The molecular formula is C18H31ClN2O. The molecule has 3 nitrogen and oxygen atoms in total. The van der Waals surface area contributed by atoms with Gasteiger partial charge in [0.05, 0.1) is 6.61 Å². The molecule has 0 aliphatic carbocycles. The van der Waals surface area contributed by atoms with Crippen molar-refractivity contribution < 1.29 is 4.74 Å². The first-order valence-corrected chi connectivity index (χ1v) is 8.06. The average Bonchev–Trinajstić information content (AvgIpc) is 2.42. The van der Waals surface area contributed by atoms with E-state index in [4.69, 9.17) is 10.5 Å². The summed E-state index contributed by atoms with van der Waals surface area (Å²) in [4.78, 5) is 2.51. The van der Waals surface area contributed by atoms with Crippen LogP contribution in [0, 0.1) is 11.3 Å². The molecule has 0 aromatic heterocycles. The Hall–Kier alpha value is -0.770. The Bertz CT molecular complexity index is 445. The lowest BCUT2D eigenvalue weighted by Crippen LogP contribution is -2.52. The van der Waals surface area contributed by atoms with Gasteiger partial charge >= 0.3 is 0 Å². The number of nitrogens with zero attached hydrogens (tertiary/aromatic N) is 1. The van der Waals surface area contributed by atoms with Gasteiger partial charge in [-0.15, -0.1) is 12.4 Å². The molecule has 1 heterocycles. The van der Waals surface area contributed by atoms with E-state index < -0.39 is 0 Å². The first kappa shape index (κ1) is 19.3. The fourth-order valence-electron chi connectivity index (χ4n) is 2.83. The Kier molecular flexibility index (Phi) is 7.17. The third-order valence-electron chi connectivity index (χ3n) is 4.30. The van der Waals surface area contributed by atoms with Crippen LogP contribution in [-0.2, 0) is 6.54 Å². The third-order valence-corrected chi connectivity index (χ3v) is 4.30. The van der Waals surface area contributed by atoms with E-state index in [2.05, 4.69) is 56.9 Å². The van der Waals surface area contributed by atoms with E-state index in [9.17, 15) is 0 Å². The predicted octanol–water partition coefficient (Wildman–Crippen LogP) is 3.70. The number of hydrogen-bond donors (Lipinski definition) is 1. The summed E-state index contributed by atoms with van der Waals surface area (Å²) in [5.41, 5.74) is 7.75. The normalized spacial score (nSPS) is 21.5. The van der Waals surface area contributed by atoms with Gasteiger partial charge in [-0.05, 0) is 35.4 Å². The molecule has 1 aliphatic heterocycles. The lowest BCUT2D eigenvalue weighted by molar-refractivity contribution is 0.0898. The Morgan fingerprint density at radius 3 is 2.45 bits per heavy atom. The van der Waals surface area contributed by atoms with Gasteiger partial charge in [-0.25, -0.2) is 0 Å². The second-order valence-corrected chi connectivity index (χ2v) is 7.44. The molecule has 2 N–H and O–H groups in total. The SMILES string of the molecule is CC(C)COc1ccc(CN2CCC(N)C(C)(C)C2)cc1.Cl. The molecule has 22 heavy (non-hydrogen) atoms. The van der Waals surface area contributed by atoms with E-state index in [-0.39, 0.29) is 17.8 Å². The van der Waals surface area contributed by atoms with Crippen molar-refractivity contribution in [3.63, 3.8) is 0 Å². The number of hydrogen-bond acceptors (Lipinski definition) is 3. The first-order chi connectivity index (χ1) is 9.87. The fraction of sp³-hybridized carbons (Fsp3) is 0.667. The molecular weight excluding hydrogens is 296 g/mol. The van der Waals surface area contributed by atoms with Crippen LogP contribution in [0.3, 0.4) is 0 Å². The highest BCUT2D eigenvalue weighted by Crippen LogP contribution is 2.28. The van der Waals surface area contributed by atoms with Crippen LogP contribution in [0.4, 0.5) is 0 Å². The molecule has 2 rings (SSSR count). The second kappa shape index (κ2) is 8.19. The maximum absolute atomic E-state index is 6.20. The number of ether oxygens (including phenoxy) is 1. The van der Waals surface area contributed by atoms with Gasteiger partial charge in [0, 0.05) is 25.7 Å². The zero-order chi connectivity index (χ0) is 15.5. The van der Waals surface area contributed by atoms with E-state index in [1.165, 1.54) is 5.56 Å². The van der Waals surface area contributed by atoms with Crippen molar-refractivity contribution in [2.45, 2.75) is 46.7 Å². The summed E-state index contributed by atoms with van der Waals surface area (Å²) in [5, 5.41) is 0. The predicted molar refractivity (Wildman–Crippen MR) is 95.7 cm³/mol. The van der Waals surface area contributed by atoms with Crippen molar-refractivity contribution >= 4 is 12.4 Å². The maximum Gasteiger partial charge on any atom is 0.119 e. The zero-order valence-electron chi connectivity index (χ0n) is 14.3. The summed E-state index contributed by atoms with van der Waals surface area (Å²) in [7, 11) is 0. The Morgan fingerprint density at radius 2 is 1.91 bits per heavy atom. The van der Waals surface area contributed by atoms with Gasteiger partial charge in [0.2, 0.25) is 0 Å². The van der Waals surface area contributed by atoms with Crippen molar-refractivity contribution in [2.75, 3.05) is 19.7 Å². The summed E-state index contributed by atoms with van der Waals surface area (Å²) in [6.45, 7) is 12.8. The summed E-state index contributed by atoms with van der Waals surface area (Å²) < 4.78 is 5.73. The highest BCUT2D eigenvalue weighted by molar-refractivity contribution is 5.85. The molecule has 1 aromatic rings. The molecule has 0 saturated carbocycles. The smallest absolute Gasteiger partial charge is 0.119 e. The van der Waals surface area contributed by atoms with E-state index in [0.717, 1.165) is 38.4 Å². The molecule has 0 amide bonds. The molecule has 1 aromatic carbocycles. The van der Waals surface area contributed by atoms with Crippen LogP contribution >= 0.6 is 12.4 Å². The number of rotatable bonds is 5. The van der Waals surface area contributed by atoms with Gasteiger partial charge in [0.15, 0.2) is 0 Å². The van der Waals surface area contributed by atoms with Crippen molar-refractivity contribution in [3.8, 4) is 5.75 Å². The number of likely N-dealkylation sites (tertiary alicyclic amines) is 1. The summed E-state index contributed by atoms with van der Waals surface area (Å²) in [5.74, 6) is 1.53. The first-order valence-electron chi connectivity index (χ1n) is 8.06. The fourth-order valence-corrected chi connectivity index (χ4v) is 2.83. The number of halogens is 1. The Morgan fingerprint density at radius 1 is 1.27 bits per heavy atom. The van der Waals surface area contributed by atoms with Gasteiger partial charge in [0.25, 0.3) is 0 Å². The van der Waals surface area contributed by atoms with Crippen LogP contribution in [0.5, 0.6) is 5.75 Å². The molecule has 0 bridgehead atoms.